The maximum atomic E-state index is 11.8. The van der Waals surface area contributed by atoms with Gasteiger partial charge in [-0.15, -0.1) is 0 Å². The lowest BCUT2D eigenvalue weighted by molar-refractivity contribution is -0.128. The van der Waals surface area contributed by atoms with Gasteiger partial charge in [-0.05, 0) is 42.8 Å². The molecule has 158 valence electrons. The molecule has 0 aliphatic rings. The highest BCUT2D eigenvalue weighted by Crippen LogP contribution is 2.18. The van der Waals surface area contributed by atoms with Crippen molar-refractivity contribution in [3.05, 3.63) is 65.7 Å². The zero-order chi connectivity index (χ0) is 21.8. The predicted octanol–water partition coefficient (Wildman–Crippen LogP) is 2.50. The Bertz CT molecular complexity index is 893. The van der Waals surface area contributed by atoms with Crippen molar-refractivity contribution >= 4 is 23.9 Å². The minimum Gasteiger partial charge on any atom is -0.496 e. The van der Waals surface area contributed by atoms with E-state index in [0.717, 1.165) is 12.0 Å². The number of para-hydroxylation sites is 1. The molecular weight excluding hydrogens is 388 g/mol. The summed E-state index contributed by atoms with van der Waals surface area (Å²) in [6.45, 7) is 1.96. The first-order valence-corrected chi connectivity index (χ1v) is 9.33. The van der Waals surface area contributed by atoms with Gasteiger partial charge in [0.1, 0.15) is 11.5 Å². The van der Waals surface area contributed by atoms with Crippen molar-refractivity contribution in [3.8, 4) is 11.5 Å². The molecule has 8 heteroatoms. The quantitative estimate of drug-likeness (QED) is 0.373. The van der Waals surface area contributed by atoms with E-state index in [4.69, 9.17) is 14.2 Å². The minimum atomic E-state index is -0.541. The Balaban J connectivity index is 1.75. The summed E-state index contributed by atoms with van der Waals surface area (Å²) in [6.07, 6.45) is 3.59. The smallest absolute Gasteiger partial charge is 0.338 e. The van der Waals surface area contributed by atoms with E-state index >= 15 is 0 Å². The van der Waals surface area contributed by atoms with Gasteiger partial charge in [-0.2, -0.15) is 0 Å². The Morgan fingerprint density at radius 3 is 2.43 bits per heavy atom. The van der Waals surface area contributed by atoms with Crippen LogP contribution in [0.3, 0.4) is 0 Å². The summed E-state index contributed by atoms with van der Waals surface area (Å²) in [5.41, 5.74) is 5.64. The number of amides is 2. The number of hydrogen-bond acceptors (Lipinski definition) is 6. The topological polar surface area (TPSA) is 103 Å². The predicted molar refractivity (Wildman–Crippen MR) is 111 cm³/mol. The second-order valence-electron chi connectivity index (χ2n) is 6.06. The molecule has 0 spiro atoms. The van der Waals surface area contributed by atoms with Crippen LogP contribution in [-0.2, 0) is 14.3 Å². The molecule has 0 aromatic heterocycles. The molecule has 2 rings (SSSR count). The van der Waals surface area contributed by atoms with Crippen LogP contribution in [0.25, 0.3) is 6.08 Å². The van der Waals surface area contributed by atoms with E-state index < -0.39 is 17.8 Å². The highest BCUT2D eigenvalue weighted by molar-refractivity contribution is 5.93. The van der Waals surface area contributed by atoms with Crippen molar-refractivity contribution in [2.24, 2.45) is 0 Å². The third-order valence-corrected chi connectivity index (χ3v) is 3.78. The zero-order valence-corrected chi connectivity index (χ0v) is 16.8. The number of nitrogens with one attached hydrogen (secondary N) is 2. The third-order valence-electron chi connectivity index (χ3n) is 3.78. The Morgan fingerprint density at radius 1 is 1.00 bits per heavy atom. The minimum absolute atomic E-state index is 0.309. The third kappa shape index (κ3) is 7.31. The molecule has 0 bridgehead atoms. The Morgan fingerprint density at radius 2 is 1.73 bits per heavy atom. The normalized spacial score (nSPS) is 10.3. The number of hydrogen-bond donors (Lipinski definition) is 2. The van der Waals surface area contributed by atoms with Gasteiger partial charge in [0.25, 0.3) is 11.8 Å². The number of rotatable bonds is 9. The van der Waals surface area contributed by atoms with Crippen LogP contribution in [0.4, 0.5) is 0 Å². The average molecular weight is 412 g/mol. The Hall–Kier alpha value is -3.81. The summed E-state index contributed by atoms with van der Waals surface area (Å²) in [4.78, 5) is 35.4. The zero-order valence-electron chi connectivity index (χ0n) is 16.8. The van der Waals surface area contributed by atoms with Gasteiger partial charge in [-0.25, -0.2) is 4.79 Å². The maximum Gasteiger partial charge on any atom is 0.338 e. The summed E-state index contributed by atoms with van der Waals surface area (Å²) in [5.74, 6) is -0.432. The monoisotopic (exact) mass is 412 g/mol. The van der Waals surface area contributed by atoms with Gasteiger partial charge in [-0.1, -0.05) is 25.1 Å². The standard InChI is InChI=1S/C22H24N2O6/c1-3-14-29-22(27)17-8-11-18(12-9-17)30-15-21(26)24-23-20(25)13-10-16-6-4-5-7-19(16)28-2/h4-13H,3,14-15H2,1-2H3,(H,23,25)(H,24,26). The fourth-order valence-electron chi connectivity index (χ4n) is 2.29. The van der Waals surface area contributed by atoms with Crippen molar-refractivity contribution in [3.63, 3.8) is 0 Å². The number of benzene rings is 2. The number of hydrazine groups is 1. The van der Waals surface area contributed by atoms with Gasteiger partial charge in [-0.3, -0.25) is 20.4 Å². The summed E-state index contributed by atoms with van der Waals surface area (Å²) in [5, 5.41) is 0. The molecule has 30 heavy (non-hydrogen) atoms. The van der Waals surface area contributed by atoms with E-state index in [0.29, 0.717) is 23.7 Å². The molecule has 8 nitrogen and oxygen atoms in total. The van der Waals surface area contributed by atoms with Gasteiger partial charge < -0.3 is 14.2 Å². The van der Waals surface area contributed by atoms with Crippen molar-refractivity contribution in [1.29, 1.82) is 0 Å². The number of esters is 1. The fourth-order valence-corrected chi connectivity index (χ4v) is 2.29. The van der Waals surface area contributed by atoms with Crippen LogP contribution in [0.5, 0.6) is 11.5 Å². The summed E-state index contributed by atoms with van der Waals surface area (Å²) in [6, 6.07) is 13.4. The first kappa shape index (κ1) is 22.5. The summed E-state index contributed by atoms with van der Waals surface area (Å²) >= 11 is 0. The molecule has 0 aliphatic heterocycles. The lowest BCUT2D eigenvalue weighted by atomic mass is 10.2. The van der Waals surface area contributed by atoms with Crippen molar-refractivity contribution in [2.75, 3.05) is 20.3 Å². The van der Waals surface area contributed by atoms with Crippen LogP contribution < -0.4 is 20.3 Å². The highest BCUT2D eigenvalue weighted by Gasteiger charge is 2.08. The molecule has 2 N–H and O–H groups in total. The van der Waals surface area contributed by atoms with E-state index in [1.807, 2.05) is 19.1 Å². The van der Waals surface area contributed by atoms with Crippen molar-refractivity contribution in [1.82, 2.24) is 10.9 Å². The fraction of sp³-hybridized carbons (Fsp3) is 0.227. The lowest BCUT2D eigenvalue weighted by Gasteiger charge is -2.08. The van der Waals surface area contributed by atoms with Gasteiger partial charge >= 0.3 is 5.97 Å². The van der Waals surface area contributed by atoms with E-state index in [1.165, 1.54) is 6.08 Å². The molecule has 2 amide bonds. The van der Waals surface area contributed by atoms with Crippen LogP contribution in [0.1, 0.15) is 29.3 Å². The van der Waals surface area contributed by atoms with Gasteiger partial charge in [0.2, 0.25) is 0 Å². The average Bonchev–Trinajstić information content (AvgIpc) is 2.78. The van der Waals surface area contributed by atoms with Gasteiger partial charge in [0.05, 0.1) is 19.3 Å². The van der Waals surface area contributed by atoms with E-state index in [1.54, 1.807) is 49.6 Å². The molecule has 2 aromatic carbocycles. The van der Waals surface area contributed by atoms with Crippen LogP contribution in [0, 0.1) is 0 Å². The van der Waals surface area contributed by atoms with Crippen molar-refractivity contribution < 1.29 is 28.6 Å². The van der Waals surface area contributed by atoms with Crippen molar-refractivity contribution in [2.45, 2.75) is 13.3 Å². The molecule has 0 saturated carbocycles. The summed E-state index contributed by atoms with van der Waals surface area (Å²) < 4.78 is 15.6. The Kier molecular flexibility index (Phi) is 8.92. The number of methoxy groups -OCH3 is 1. The SMILES string of the molecule is CCCOC(=O)c1ccc(OCC(=O)NNC(=O)C=Cc2ccccc2OC)cc1. The molecule has 0 unspecified atom stereocenters. The maximum absolute atomic E-state index is 11.8. The second-order valence-corrected chi connectivity index (χ2v) is 6.06. The molecule has 0 aliphatic carbocycles. The van der Waals surface area contributed by atoms with Gasteiger partial charge in [0.15, 0.2) is 6.61 Å². The van der Waals surface area contributed by atoms with E-state index in [-0.39, 0.29) is 6.61 Å². The summed E-state index contributed by atoms with van der Waals surface area (Å²) in [7, 11) is 1.54. The van der Waals surface area contributed by atoms with E-state index in [2.05, 4.69) is 10.9 Å². The van der Waals surface area contributed by atoms with Crippen LogP contribution in [-0.4, -0.2) is 38.1 Å². The molecule has 0 atom stereocenters. The van der Waals surface area contributed by atoms with Crippen LogP contribution in [0.2, 0.25) is 0 Å². The Labute approximate surface area is 174 Å². The number of carbonyl (C=O) groups excluding carboxylic acids is 3. The number of carbonyl (C=O) groups is 3. The largest absolute Gasteiger partial charge is 0.496 e. The molecule has 0 radical (unpaired) electrons. The molecular formula is C22H24N2O6. The number of ether oxygens (including phenoxy) is 3. The van der Waals surface area contributed by atoms with Gasteiger partial charge in [0, 0.05) is 11.6 Å². The lowest BCUT2D eigenvalue weighted by Crippen LogP contribution is -2.43. The molecule has 0 saturated heterocycles. The first-order valence-electron chi connectivity index (χ1n) is 9.33. The molecule has 0 fully saturated rings. The van der Waals surface area contributed by atoms with Crippen LogP contribution in [0.15, 0.2) is 54.6 Å². The van der Waals surface area contributed by atoms with E-state index in [9.17, 15) is 14.4 Å². The molecule has 2 aromatic rings. The first-order chi connectivity index (χ1) is 14.5. The highest BCUT2D eigenvalue weighted by atomic mass is 16.5. The van der Waals surface area contributed by atoms with Crippen LogP contribution >= 0.6 is 0 Å². The second kappa shape index (κ2) is 11.9. The molecule has 0 heterocycles.